The van der Waals surface area contributed by atoms with Crippen LogP contribution in [0.1, 0.15) is 21.5 Å². The number of nitrogens with one attached hydrogen (secondary N) is 1. The molecule has 0 aliphatic heterocycles. The molecule has 23 heavy (non-hydrogen) atoms. The maximum absolute atomic E-state index is 12.1. The predicted octanol–water partition coefficient (Wildman–Crippen LogP) is 3.54. The Morgan fingerprint density at radius 2 is 1.91 bits per heavy atom. The van der Waals surface area contributed by atoms with Crippen molar-refractivity contribution in [3.63, 3.8) is 0 Å². The summed E-state index contributed by atoms with van der Waals surface area (Å²) < 4.78 is 11.4. The van der Waals surface area contributed by atoms with Crippen LogP contribution >= 0.6 is 15.9 Å². The van der Waals surface area contributed by atoms with Crippen molar-refractivity contribution in [1.29, 1.82) is 0 Å². The van der Waals surface area contributed by atoms with E-state index in [1.807, 2.05) is 25.1 Å². The van der Waals surface area contributed by atoms with Crippen molar-refractivity contribution in [1.82, 2.24) is 5.43 Å². The van der Waals surface area contributed by atoms with E-state index >= 15 is 0 Å². The summed E-state index contributed by atoms with van der Waals surface area (Å²) in [6.07, 6.45) is 1.54. The van der Waals surface area contributed by atoms with Crippen LogP contribution in [0.3, 0.4) is 0 Å². The second-order valence-electron chi connectivity index (χ2n) is 4.69. The first-order valence-electron chi connectivity index (χ1n) is 6.88. The Morgan fingerprint density at radius 3 is 2.57 bits per heavy atom. The Labute approximate surface area is 143 Å². The fourth-order valence-electron chi connectivity index (χ4n) is 2.15. The summed E-state index contributed by atoms with van der Waals surface area (Å²) in [5, 5.41) is 4.00. The molecule has 0 aromatic heterocycles. The van der Waals surface area contributed by atoms with E-state index in [1.54, 1.807) is 38.6 Å². The average molecular weight is 377 g/mol. The van der Waals surface area contributed by atoms with E-state index in [2.05, 4.69) is 26.5 Å². The number of benzene rings is 2. The van der Waals surface area contributed by atoms with E-state index in [0.717, 1.165) is 16.9 Å². The molecule has 0 saturated carbocycles. The van der Waals surface area contributed by atoms with E-state index in [9.17, 15) is 4.79 Å². The molecule has 0 heterocycles. The summed E-state index contributed by atoms with van der Waals surface area (Å²) in [6, 6.07) is 10.8. The first kappa shape index (κ1) is 17.0. The van der Waals surface area contributed by atoms with Crippen LogP contribution in [-0.4, -0.2) is 26.3 Å². The second-order valence-corrected chi connectivity index (χ2v) is 5.55. The third-order valence-corrected chi connectivity index (χ3v) is 3.99. The summed E-state index contributed by atoms with van der Waals surface area (Å²) in [5.74, 6) is 1.09. The van der Waals surface area contributed by atoms with Crippen LogP contribution in [0.2, 0.25) is 0 Å². The normalized spacial score (nSPS) is 10.6. The van der Waals surface area contributed by atoms with Crippen molar-refractivity contribution in [3.8, 4) is 11.5 Å². The van der Waals surface area contributed by atoms with Crippen molar-refractivity contribution in [3.05, 3.63) is 57.6 Å². The number of nitrogens with zero attached hydrogens (tertiary/aromatic N) is 1. The van der Waals surface area contributed by atoms with Gasteiger partial charge in [-0.05, 0) is 47.1 Å². The van der Waals surface area contributed by atoms with Crippen LogP contribution in [-0.2, 0) is 0 Å². The van der Waals surface area contributed by atoms with Gasteiger partial charge in [-0.2, -0.15) is 5.10 Å². The summed E-state index contributed by atoms with van der Waals surface area (Å²) in [7, 11) is 3.19. The summed E-state index contributed by atoms with van der Waals surface area (Å²) in [4.78, 5) is 12.1. The van der Waals surface area contributed by atoms with Crippen molar-refractivity contribution >= 4 is 28.1 Å². The molecule has 0 saturated heterocycles. The molecular formula is C17H17BrN2O3. The quantitative estimate of drug-likeness (QED) is 0.641. The fraction of sp³-hybridized carbons (Fsp3) is 0.176. The number of amides is 1. The third kappa shape index (κ3) is 3.90. The van der Waals surface area contributed by atoms with Crippen molar-refractivity contribution in [2.75, 3.05) is 14.2 Å². The molecule has 0 spiro atoms. The minimum Gasteiger partial charge on any atom is -0.496 e. The molecule has 2 aromatic carbocycles. The number of hydrogen-bond acceptors (Lipinski definition) is 4. The first-order valence-corrected chi connectivity index (χ1v) is 7.67. The highest BCUT2D eigenvalue weighted by Gasteiger charge is 2.10. The molecule has 2 rings (SSSR count). The van der Waals surface area contributed by atoms with Crippen LogP contribution in [0.25, 0.3) is 0 Å². The Hall–Kier alpha value is -2.34. The number of hydrazone groups is 1. The van der Waals surface area contributed by atoms with Crippen LogP contribution in [0, 0.1) is 6.92 Å². The lowest BCUT2D eigenvalue weighted by molar-refractivity contribution is 0.0954. The smallest absolute Gasteiger partial charge is 0.272 e. The van der Waals surface area contributed by atoms with Gasteiger partial charge in [-0.3, -0.25) is 4.79 Å². The number of halogens is 1. The molecule has 0 radical (unpaired) electrons. The third-order valence-electron chi connectivity index (χ3n) is 3.30. The van der Waals surface area contributed by atoms with Gasteiger partial charge in [0.1, 0.15) is 11.5 Å². The zero-order valence-corrected chi connectivity index (χ0v) is 14.7. The highest BCUT2D eigenvalue weighted by atomic mass is 79.9. The molecule has 0 aliphatic carbocycles. The van der Waals surface area contributed by atoms with Crippen molar-refractivity contribution in [2.45, 2.75) is 6.92 Å². The maximum Gasteiger partial charge on any atom is 0.272 e. The Bertz CT molecular complexity index is 745. The molecule has 1 amide bonds. The monoisotopic (exact) mass is 376 g/mol. The summed E-state index contributed by atoms with van der Waals surface area (Å²) in [6.45, 7) is 1.90. The highest BCUT2D eigenvalue weighted by Crippen LogP contribution is 2.30. The van der Waals surface area contributed by atoms with Gasteiger partial charge in [0.05, 0.1) is 26.0 Å². The predicted molar refractivity (Wildman–Crippen MR) is 93.5 cm³/mol. The van der Waals surface area contributed by atoms with E-state index < -0.39 is 0 Å². The van der Waals surface area contributed by atoms with Gasteiger partial charge in [-0.15, -0.1) is 0 Å². The summed E-state index contributed by atoms with van der Waals surface area (Å²) in [5.41, 5.74) is 4.64. The van der Waals surface area contributed by atoms with Crippen molar-refractivity contribution in [2.24, 2.45) is 5.10 Å². The van der Waals surface area contributed by atoms with Crippen LogP contribution < -0.4 is 14.9 Å². The van der Waals surface area contributed by atoms with Gasteiger partial charge in [-0.25, -0.2) is 5.43 Å². The lowest BCUT2D eigenvalue weighted by atomic mass is 10.1. The van der Waals surface area contributed by atoms with Gasteiger partial charge >= 0.3 is 0 Å². The fourth-order valence-corrected chi connectivity index (χ4v) is 2.62. The average Bonchev–Trinajstić information content (AvgIpc) is 2.55. The lowest BCUT2D eigenvalue weighted by Crippen LogP contribution is -2.18. The molecule has 6 heteroatoms. The van der Waals surface area contributed by atoms with Crippen molar-refractivity contribution < 1.29 is 14.3 Å². The molecule has 0 unspecified atom stereocenters. The number of ether oxygens (including phenoxy) is 2. The SMILES string of the molecule is COc1ccc(/C=N/NC(=O)c2ccccc2Br)c(OC)c1C. The number of hydrogen-bond donors (Lipinski definition) is 1. The van der Waals surface area contributed by atoms with E-state index in [-0.39, 0.29) is 5.91 Å². The second kappa shape index (κ2) is 7.78. The molecule has 0 atom stereocenters. The molecule has 120 valence electrons. The zero-order valence-electron chi connectivity index (χ0n) is 13.1. The Balaban J connectivity index is 2.17. The standard InChI is InChI=1S/C17H17BrN2O3/c1-11-15(22-2)9-8-12(16(11)23-3)10-19-20-17(21)13-6-4-5-7-14(13)18/h4-10H,1-3H3,(H,20,21)/b19-10+. The Morgan fingerprint density at radius 1 is 1.17 bits per heavy atom. The molecule has 0 fully saturated rings. The van der Waals surface area contributed by atoms with E-state index in [4.69, 9.17) is 9.47 Å². The first-order chi connectivity index (χ1) is 11.1. The number of methoxy groups -OCH3 is 2. The number of rotatable bonds is 5. The van der Waals surface area contributed by atoms with Gasteiger partial charge in [0.15, 0.2) is 0 Å². The number of carbonyl (C=O) groups is 1. The molecule has 0 aliphatic rings. The number of carbonyl (C=O) groups excluding carboxylic acids is 1. The minimum absolute atomic E-state index is 0.294. The zero-order chi connectivity index (χ0) is 16.8. The van der Waals surface area contributed by atoms with E-state index in [1.165, 1.54) is 0 Å². The van der Waals surface area contributed by atoms with Gasteiger partial charge in [0.2, 0.25) is 0 Å². The lowest BCUT2D eigenvalue weighted by Gasteiger charge is -2.11. The van der Waals surface area contributed by atoms with Crippen LogP contribution in [0.5, 0.6) is 11.5 Å². The van der Waals surface area contributed by atoms with Gasteiger partial charge in [0, 0.05) is 15.6 Å². The molecule has 2 aromatic rings. The molecule has 1 N–H and O–H groups in total. The molecule has 0 bridgehead atoms. The largest absolute Gasteiger partial charge is 0.496 e. The maximum atomic E-state index is 12.1. The molecule has 5 nitrogen and oxygen atoms in total. The summed E-state index contributed by atoms with van der Waals surface area (Å²) >= 11 is 3.34. The van der Waals surface area contributed by atoms with Crippen LogP contribution in [0.15, 0.2) is 46.0 Å². The van der Waals surface area contributed by atoms with Crippen LogP contribution in [0.4, 0.5) is 0 Å². The van der Waals surface area contributed by atoms with Gasteiger partial charge < -0.3 is 9.47 Å². The highest BCUT2D eigenvalue weighted by molar-refractivity contribution is 9.10. The topological polar surface area (TPSA) is 59.9 Å². The van der Waals surface area contributed by atoms with E-state index in [0.29, 0.717) is 15.8 Å². The molecular weight excluding hydrogens is 360 g/mol. The van der Waals surface area contributed by atoms with Gasteiger partial charge in [0.25, 0.3) is 5.91 Å². The van der Waals surface area contributed by atoms with Gasteiger partial charge in [-0.1, -0.05) is 12.1 Å². The minimum atomic E-state index is -0.294. The Kier molecular flexibility index (Phi) is 5.76.